The van der Waals surface area contributed by atoms with Crippen LogP contribution in [0, 0.1) is 0 Å². The molecule has 0 radical (unpaired) electrons. The van der Waals surface area contributed by atoms with E-state index < -0.39 is 0 Å². The standard InChI is InChI=1S/C17H16BrClN2/c1-2-5-12-6-3-4-7-15(12)21-16-10-13(18)8-9-14(16)20-17(21)11-19/h3-4,6-10H,2,5,11H2,1H3. The van der Waals surface area contributed by atoms with Gasteiger partial charge in [-0.25, -0.2) is 4.98 Å². The Hall–Kier alpha value is -1.32. The summed E-state index contributed by atoms with van der Waals surface area (Å²) in [6.45, 7) is 2.20. The smallest absolute Gasteiger partial charge is 0.129 e. The van der Waals surface area contributed by atoms with Crippen LogP contribution in [0.15, 0.2) is 46.9 Å². The maximum absolute atomic E-state index is 6.13. The molecule has 2 aromatic carbocycles. The average Bonchev–Trinajstić information content (AvgIpc) is 2.86. The molecule has 0 unspecified atom stereocenters. The van der Waals surface area contributed by atoms with Gasteiger partial charge >= 0.3 is 0 Å². The number of fused-ring (bicyclic) bond motifs is 1. The highest BCUT2D eigenvalue weighted by atomic mass is 79.9. The van der Waals surface area contributed by atoms with Crippen LogP contribution in [0.1, 0.15) is 24.7 Å². The summed E-state index contributed by atoms with van der Waals surface area (Å²) in [6.07, 6.45) is 2.16. The van der Waals surface area contributed by atoms with E-state index in [1.807, 2.05) is 12.1 Å². The predicted molar refractivity (Wildman–Crippen MR) is 92.3 cm³/mol. The lowest BCUT2D eigenvalue weighted by molar-refractivity contribution is 0.889. The quantitative estimate of drug-likeness (QED) is 0.561. The highest BCUT2D eigenvalue weighted by Gasteiger charge is 2.14. The van der Waals surface area contributed by atoms with Crippen molar-refractivity contribution >= 4 is 38.6 Å². The first kappa shape index (κ1) is 14.6. The van der Waals surface area contributed by atoms with Gasteiger partial charge in [-0.15, -0.1) is 11.6 Å². The zero-order chi connectivity index (χ0) is 14.8. The van der Waals surface area contributed by atoms with Gasteiger partial charge < -0.3 is 0 Å². The van der Waals surface area contributed by atoms with Crippen molar-refractivity contribution in [3.05, 3.63) is 58.3 Å². The number of imidazole rings is 1. The molecule has 0 bridgehead atoms. The lowest BCUT2D eigenvalue weighted by atomic mass is 10.1. The minimum atomic E-state index is 0.396. The number of hydrogen-bond acceptors (Lipinski definition) is 1. The second kappa shape index (κ2) is 6.20. The van der Waals surface area contributed by atoms with Gasteiger partial charge in [-0.3, -0.25) is 4.57 Å². The van der Waals surface area contributed by atoms with Crippen LogP contribution in [0.25, 0.3) is 16.7 Å². The highest BCUT2D eigenvalue weighted by molar-refractivity contribution is 9.10. The van der Waals surface area contributed by atoms with Crippen LogP contribution in [0.2, 0.25) is 0 Å². The fourth-order valence-electron chi connectivity index (χ4n) is 2.67. The number of hydrogen-bond donors (Lipinski definition) is 0. The summed E-state index contributed by atoms with van der Waals surface area (Å²) in [4.78, 5) is 4.66. The molecule has 1 heterocycles. The van der Waals surface area contributed by atoms with E-state index in [1.54, 1.807) is 0 Å². The molecule has 0 aliphatic heterocycles. The van der Waals surface area contributed by atoms with Crippen LogP contribution >= 0.6 is 27.5 Å². The summed E-state index contributed by atoms with van der Waals surface area (Å²) in [7, 11) is 0. The van der Waals surface area contributed by atoms with Crippen LogP contribution in [0.4, 0.5) is 0 Å². The van der Waals surface area contributed by atoms with E-state index in [0.717, 1.165) is 34.2 Å². The van der Waals surface area contributed by atoms with Crippen LogP contribution in [-0.4, -0.2) is 9.55 Å². The number of rotatable bonds is 4. The largest absolute Gasteiger partial charge is 0.295 e. The van der Waals surface area contributed by atoms with Crippen LogP contribution in [0.3, 0.4) is 0 Å². The second-order valence-electron chi connectivity index (χ2n) is 5.01. The Morgan fingerprint density at radius 1 is 1.19 bits per heavy atom. The van der Waals surface area contributed by atoms with Gasteiger partial charge in [0.2, 0.25) is 0 Å². The van der Waals surface area contributed by atoms with Crippen LogP contribution in [-0.2, 0) is 12.3 Å². The number of aryl methyl sites for hydroxylation is 1. The Morgan fingerprint density at radius 2 is 2.00 bits per heavy atom. The molecule has 3 aromatic rings. The average molecular weight is 364 g/mol. The van der Waals surface area contributed by atoms with Crippen molar-refractivity contribution < 1.29 is 0 Å². The fraction of sp³-hybridized carbons (Fsp3) is 0.235. The molecule has 3 rings (SSSR count). The van der Waals surface area contributed by atoms with Crippen molar-refractivity contribution in [3.63, 3.8) is 0 Å². The zero-order valence-electron chi connectivity index (χ0n) is 11.8. The molecule has 108 valence electrons. The molecule has 2 nitrogen and oxygen atoms in total. The SMILES string of the molecule is CCCc1ccccc1-n1c(CCl)nc2ccc(Br)cc21. The van der Waals surface area contributed by atoms with Gasteiger partial charge in [-0.05, 0) is 36.2 Å². The number of halogens is 2. The Morgan fingerprint density at radius 3 is 2.76 bits per heavy atom. The summed E-state index contributed by atoms with van der Waals surface area (Å²) < 4.78 is 3.23. The summed E-state index contributed by atoms with van der Waals surface area (Å²) >= 11 is 9.67. The molecule has 0 aliphatic rings. The molecule has 0 saturated heterocycles. The third-order valence-electron chi connectivity index (χ3n) is 3.56. The first-order chi connectivity index (χ1) is 10.2. The fourth-order valence-corrected chi connectivity index (χ4v) is 3.19. The minimum Gasteiger partial charge on any atom is -0.295 e. The van der Waals surface area contributed by atoms with E-state index in [0.29, 0.717) is 5.88 Å². The van der Waals surface area contributed by atoms with E-state index in [1.165, 1.54) is 11.3 Å². The third kappa shape index (κ3) is 2.72. The number of aromatic nitrogens is 2. The number of benzene rings is 2. The molecular weight excluding hydrogens is 348 g/mol. The normalized spacial score (nSPS) is 11.2. The van der Waals surface area contributed by atoms with Crippen molar-refractivity contribution in [2.75, 3.05) is 0 Å². The van der Waals surface area contributed by atoms with Gasteiger partial charge in [0, 0.05) is 4.47 Å². The molecule has 0 amide bonds. The monoisotopic (exact) mass is 362 g/mol. The predicted octanol–water partition coefficient (Wildman–Crippen LogP) is 5.48. The third-order valence-corrected chi connectivity index (χ3v) is 4.29. The zero-order valence-corrected chi connectivity index (χ0v) is 14.2. The molecule has 4 heteroatoms. The first-order valence-corrected chi connectivity index (χ1v) is 8.38. The Kier molecular flexibility index (Phi) is 4.32. The second-order valence-corrected chi connectivity index (χ2v) is 6.19. The van der Waals surface area contributed by atoms with Gasteiger partial charge in [-0.1, -0.05) is 47.5 Å². The molecule has 0 aliphatic carbocycles. The lowest BCUT2D eigenvalue weighted by Gasteiger charge is -2.13. The van der Waals surface area contributed by atoms with E-state index in [9.17, 15) is 0 Å². The number of para-hydroxylation sites is 1. The maximum atomic E-state index is 6.13. The summed E-state index contributed by atoms with van der Waals surface area (Å²) in [5, 5.41) is 0. The van der Waals surface area contributed by atoms with Crippen molar-refractivity contribution in [1.29, 1.82) is 0 Å². The maximum Gasteiger partial charge on any atom is 0.129 e. The highest BCUT2D eigenvalue weighted by Crippen LogP contribution is 2.27. The lowest BCUT2D eigenvalue weighted by Crippen LogP contribution is -2.03. The first-order valence-electron chi connectivity index (χ1n) is 7.05. The van der Waals surface area contributed by atoms with Gasteiger partial charge in [0.15, 0.2) is 0 Å². The number of nitrogens with zero attached hydrogens (tertiary/aromatic N) is 2. The van der Waals surface area contributed by atoms with Gasteiger partial charge in [0.25, 0.3) is 0 Å². The molecule has 0 atom stereocenters. The summed E-state index contributed by atoms with van der Waals surface area (Å²) in [5.41, 5.74) is 4.56. The molecular formula is C17H16BrClN2. The topological polar surface area (TPSA) is 17.8 Å². The Bertz CT molecular complexity index is 780. The number of alkyl halides is 1. The Balaban J connectivity index is 2.30. The van der Waals surface area contributed by atoms with Gasteiger partial charge in [-0.2, -0.15) is 0 Å². The molecule has 0 saturated carbocycles. The van der Waals surface area contributed by atoms with Crippen molar-refractivity contribution in [2.45, 2.75) is 25.6 Å². The van der Waals surface area contributed by atoms with E-state index >= 15 is 0 Å². The van der Waals surface area contributed by atoms with E-state index in [4.69, 9.17) is 11.6 Å². The summed E-state index contributed by atoms with van der Waals surface area (Å²) in [5.74, 6) is 1.28. The van der Waals surface area contributed by atoms with E-state index in [2.05, 4.69) is 62.7 Å². The van der Waals surface area contributed by atoms with Crippen molar-refractivity contribution in [3.8, 4) is 5.69 Å². The van der Waals surface area contributed by atoms with Crippen molar-refractivity contribution in [2.24, 2.45) is 0 Å². The molecule has 0 spiro atoms. The van der Waals surface area contributed by atoms with E-state index in [-0.39, 0.29) is 0 Å². The van der Waals surface area contributed by atoms with Crippen molar-refractivity contribution in [1.82, 2.24) is 9.55 Å². The molecule has 0 fully saturated rings. The molecule has 21 heavy (non-hydrogen) atoms. The Labute approximate surface area is 137 Å². The van der Waals surface area contributed by atoms with Crippen LogP contribution < -0.4 is 0 Å². The van der Waals surface area contributed by atoms with Gasteiger partial charge in [0.1, 0.15) is 5.82 Å². The van der Waals surface area contributed by atoms with Gasteiger partial charge in [0.05, 0.1) is 22.6 Å². The summed E-state index contributed by atoms with van der Waals surface area (Å²) in [6, 6.07) is 14.6. The molecule has 1 aromatic heterocycles. The minimum absolute atomic E-state index is 0.396. The van der Waals surface area contributed by atoms with Crippen LogP contribution in [0.5, 0.6) is 0 Å². The molecule has 0 N–H and O–H groups in total.